The summed E-state index contributed by atoms with van der Waals surface area (Å²) in [5.74, 6) is 0. The minimum Gasteiger partial charge on any atom is -0.289 e. The Balaban J connectivity index is 1.78. The second-order valence-corrected chi connectivity index (χ2v) is 5.72. The lowest BCUT2D eigenvalue weighted by molar-refractivity contribution is 0.271. The molecule has 0 amide bonds. The van der Waals surface area contributed by atoms with Gasteiger partial charge in [-0.1, -0.05) is 35.9 Å². The van der Waals surface area contributed by atoms with Crippen LogP contribution in [0.15, 0.2) is 40.9 Å². The lowest BCUT2D eigenvalue weighted by Crippen LogP contribution is -2.16. The molecule has 1 aliphatic rings. The number of fused-ring (bicyclic) bond motifs is 1. The summed E-state index contributed by atoms with van der Waals surface area (Å²) < 4.78 is 1.02. The molecule has 1 aromatic heterocycles. The molecule has 2 aromatic rings. The molecule has 0 atom stereocenters. The first kappa shape index (κ1) is 12.2. The summed E-state index contributed by atoms with van der Waals surface area (Å²) in [7, 11) is 0. The first-order valence-electron chi connectivity index (χ1n) is 5.82. The van der Waals surface area contributed by atoms with Gasteiger partial charge in [0.25, 0.3) is 0 Å². The lowest BCUT2D eigenvalue weighted by atomic mass is 10.1. The van der Waals surface area contributed by atoms with E-state index in [1.807, 2.05) is 6.07 Å². The average Bonchev–Trinajstić information content (AvgIpc) is 2.76. The molecule has 1 aliphatic heterocycles. The van der Waals surface area contributed by atoms with Crippen LogP contribution < -0.4 is 0 Å². The Kier molecular flexibility index (Phi) is 3.37. The van der Waals surface area contributed by atoms with E-state index in [2.05, 4.69) is 50.1 Å². The van der Waals surface area contributed by atoms with Gasteiger partial charge in [-0.3, -0.25) is 4.90 Å². The number of hydrogen-bond acceptors (Lipinski definition) is 2. The molecule has 0 spiro atoms. The van der Waals surface area contributed by atoms with Crippen molar-refractivity contribution in [2.24, 2.45) is 0 Å². The van der Waals surface area contributed by atoms with Gasteiger partial charge in [0.15, 0.2) is 0 Å². The number of nitrogens with zero attached hydrogens (tertiary/aromatic N) is 2. The van der Waals surface area contributed by atoms with Crippen molar-refractivity contribution in [2.45, 2.75) is 19.6 Å². The van der Waals surface area contributed by atoms with Gasteiger partial charge in [0.05, 0.1) is 5.69 Å². The fourth-order valence-electron chi connectivity index (χ4n) is 2.30. The summed E-state index contributed by atoms with van der Waals surface area (Å²) in [4.78, 5) is 6.75. The van der Waals surface area contributed by atoms with Crippen molar-refractivity contribution in [2.75, 3.05) is 0 Å². The number of rotatable bonds is 2. The normalized spacial score (nSPS) is 14.8. The Labute approximate surface area is 120 Å². The molecule has 1 aromatic carbocycles. The van der Waals surface area contributed by atoms with Gasteiger partial charge in [-0.25, -0.2) is 4.98 Å². The first-order chi connectivity index (χ1) is 8.72. The van der Waals surface area contributed by atoms with Crippen molar-refractivity contribution in [1.29, 1.82) is 0 Å². The van der Waals surface area contributed by atoms with Crippen LogP contribution in [0.1, 0.15) is 16.8 Å². The molecule has 0 saturated heterocycles. The van der Waals surface area contributed by atoms with Crippen LogP contribution >= 0.6 is 27.5 Å². The van der Waals surface area contributed by atoms with Crippen LogP contribution in [0.3, 0.4) is 0 Å². The zero-order valence-corrected chi connectivity index (χ0v) is 12.1. The third-order valence-corrected chi connectivity index (χ3v) is 4.10. The maximum absolute atomic E-state index is 5.94. The third kappa shape index (κ3) is 2.44. The van der Waals surface area contributed by atoms with E-state index < -0.39 is 0 Å². The van der Waals surface area contributed by atoms with Crippen LogP contribution in [0.5, 0.6) is 0 Å². The molecular weight excluding hydrogens is 312 g/mol. The highest BCUT2D eigenvalue weighted by Gasteiger charge is 2.19. The van der Waals surface area contributed by atoms with Crippen molar-refractivity contribution in [3.63, 3.8) is 0 Å². The standard InChI is InChI=1S/C14H12BrClN2/c15-12-5-6-14(16)17-13(12)9-18-7-10-3-1-2-4-11(10)8-18/h1-6H,7-9H2. The van der Waals surface area contributed by atoms with Gasteiger partial charge < -0.3 is 0 Å². The average molecular weight is 324 g/mol. The fraction of sp³-hybridized carbons (Fsp3) is 0.214. The second kappa shape index (κ2) is 5.00. The van der Waals surface area contributed by atoms with Gasteiger partial charge in [-0.05, 0) is 39.2 Å². The van der Waals surface area contributed by atoms with Crippen molar-refractivity contribution < 1.29 is 0 Å². The van der Waals surface area contributed by atoms with E-state index in [-0.39, 0.29) is 0 Å². The highest BCUT2D eigenvalue weighted by atomic mass is 79.9. The maximum atomic E-state index is 5.94. The summed E-state index contributed by atoms with van der Waals surface area (Å²) in [5, 5.41) is 0.546. The Morgan fingerprint density at radius 2 is 1.78 bits per heavy atom. The van der Waals surface area contributed by atoms with E-state index in [0.717, 1.165) is 29.8 Å². The predicted molar refractivity (Wildman–Crippen MR) is 76.3 cm³/mol. The van der Waals surface area contributed by atoms with Gasteiger partial charge in [0, 0.05) is 24.1 Å². The van der Waals surface area contributed by atoms with Gasteiger partial charge in [0.1, 0.15) is 5.15 Å². The zero-order valence-electron chi connectivity index (χ0n) is 9.74. The molecule has 0 radical (unpaired) electrons. The Morgan fingerprint density at radius 3 is 2.44 bits per heavy atom. The molecule has 0 unspecified atom stereocenters. The minimum absolute atomic E-state index is 0.546. The molecule has 4 heteroatoms. The fourth-order valence-corrected chi connectivity index (χ4v) is 2.81. The monoisotopic (exact) mass is 322 g/mol. The lowest BCUT2D eigenvalue weighted by Gasteiger charge is -2.15. The molecular formula is C14H12BrClN2. The number of aromatic nitrogens is 1. The van der Waals surface area contributed by atoms with Crippen molar-refractivity contribution in [1.82, 2.24) is 9.88 Å². The molecule has 0 N–H and O–H groups in total. The van der Waals surface area contributed by atoms with Gasteiger partial charge in [0.2, 0.25) is 0 Å². The zero-order chi connectivity index (χ0) is 12.5. The second-order valence-electron chi connectivity index (χ2n) is 4.48. The predicted octanol–water partition coefficient (Wildman–Crippen LogP) is 4.01. The number of benzene rings is 1. The van der Waals surface area contributed by atoms with E-state index >= 15 is 0 Å². The molecule has 2 nitrogen and oxygen atoms in total. The number of halogens is 2. The topological polar surface area (TPSA) is 16.1 Å². The smallest absolute Gasteiger partial charge is 0.129 e. The molecule has 0 bridgehead atoms. The molecule has 0 fully saturated rings. The van der Waals surface area contributed by atoms with E-state index in [1.54, 1.807) is 6.07 Å². The van der Waals surface area contributed by atoms with E-state index in [1.165, 1.54) is 11.1 Å². The van der Waals surface area contributed by atoms with Crippen molar-refractivity contribution in [3.05, 3.63) is 62.8 Å². The number of hydrogen-bond donors (Lipinski definition) is 0. The first-order valence-corrected chi connectivity index (χ1v) is 6.99. The molecule has 92 valence electrons. The van der Waals surface area contributed by atoms with Crippen molar-refractivity contribution >= 4 is 27.5 Å². The summed E-state index contributed by atoms with van der Waals surface area (Å²) >= 11 is 9.47. The molecule has 2 heterocycles. The Bertz CT molecular complexity index is 561. The number of pyridine rings is 1. The maximum Gasteiger partial charge on any atom is 0.129 e. The van der Waals surface area contributed by atoms with Crippen LogP contribution in [-0.2, 0) is 19.6 Å². The van der Waals surface area contributed by atoms with Crippen LogP contribution in [0.2, 0.25) is 5.15 Å². The quantitative estimate of drug-likeness (QED) is 0.776. The van der Waals surface area contributed by atoms with Gasteiger partial charge in [-0.2, -0.15) is 0 Å². The van der Waals surface area contributed by atoms with Crippen molar-refractivity contribution in [3.8, 4) is 0 Å². The highest BCUT2D eigenvalue weighted by Crippen LogP contribution is 2.26. The van der Waals surface area contributed by atoms with Crippen LogP contribution in [0, 0.1) is 0 Å². The molecule has 3 rings (SSSR count). The summed E-state index contributed by atoms with van der Waals surface area (Å²) in [6.45, 7) is 2.78. The Morgan fingerprint density at radius 1 is 1.11 bits per heavy atom. The van der Waals surface area contributed by atoms with Crippen LogP contribution in [-0.4, -0.2) is 9.88 Å². The molecule has 18 heavy (non-hydrogen) atoms. The molecule has 0 aliphatic carbocycles. The minimum atomic E-state index is 0.546. The van der Waals surface area contributed by atoms with Crippen LogP contribution in [0.25, 0.3) is 0 Å². The van der Waals surface area contributed by atoms with Crippen LogP contribution in [0.4, 0.5) is 0 Å². The summed E-state index contributed by atoms with van der Waals surface area (Å²) in [6, 6.07) is 12.3. The Hall–Kier alpha value is -0.900. The molecule has 0 saturated carbocycles. The highest BCUT2D eigenvalue weighted by molar-refractivity contribution is 9.10. The summed E-state index contributed by atoms with van der Waals surface area (Å²) in [5.41, 5.74) is 3.82. The van der Waals surface area contributed by atoms with E-state index in [0.29, 0.717) is 5.15 Å². The van der Waals surface area contributed by atoms with Gasteiger partial charge in [-0.15, -0.1) is 0 Å². The van der Waals surface area contributed by atoms with E-state index in [4.69, 9.17) is 11.6 Å². The SMILES string of the molecule is Clc1ccc(Br)c(CN2Cc3ccccc3C2)n1. The summed E-state index contributed by atoms with van der Waals surface area (Å²) in [6.07, 6.45) is 0. The van der Waals surface area contributed by atoms with Gasteiger partial charge >= 0.3 is 0 Å². The van der Waals surface area contributed by atoms with E-state index in [9.17, 15) is 0 Å². The third-order valence-electron chi connectivity index (χ3n) is 3.16. The largest absolute Gasteiger partial charge is 0.289 e.